The summed E-state index contributed by atoms with van der Waals surface area (Å²) in [6.45, 7) is 5.13. The predicted molar refractivity (Wildman–Crippen MR) is 135 cm³/mol. The normalized spacial score (nSPS) is 10.6. The molecule has 0 bridgehead atoms. The lowest BCUT2D eigenvalue weighted by molar-refractivity contribution is -0.116. The highest BCUT2D eigenvalue weighted by atomic mass is 19.1. The van der Waals surface area contributed by atoms with E-state index in [1.807, 2.05) is 30.3 Å². The van der Waals surface area contributed by atoms with Crippen molar-refractivity contribution in [3.05, 3.63) is 114 Å². The van der Waals surface area contributed by atoms with E-state index >= 15 is 0 Å². The topological polar surface area (TPSA) is 67.2 Å². The van der Waals surface area contributed by atoms with Crippen molar-refractivity contribution < 1.29 is 18.4 Å². The molecule has 4 rings (SSSR count). The molecule has 8 heteroatoms. The number of rotatable bonds is 8. The van der Waals surface area contributed by atoms with Crippen molar-refractivity contribution in [3.8, 4) is 16.9 Å². The minimum Gasteiger partial charge on any atom is -0.326 e. The van der Waals surface area contributed by atoms with Gasteiger partial charge in [-0.05, 0) is 48.9 Å². The maximum atomic E-state index is 14.3. The Hall–Kier alpha value is -4.59. The average molecular weight is 487 g/mol. The molecule has 1 heterocycles. The van der Waals surface area contributed by atoms with E-state index in [1.54, 1.807) is 29.8 Å². The minimum absolute atomic E-state index is 0.108. The van der Waals surface area contributed by atoms with Crippen molar-refractivity contribution in [3.63, 3.8) is 0 Å². The number of aryl methyl sites for hydroxylation is 1. The highest BCUT2D eigenvalue weighted by molar-refractivity contribution is 5.99. The lowest BCUT2D eigenvalue weighted by Gasteiger charge is -2.20. The van der Waals surface area contributed by atoms with Crippen LogP contribution in [0.4, 0.5) is 14.7 Å². The number of carbonyl (C=O) groups excluding carboxylic acids is 2. The van der Waals surface area contributed by atoms with Gasteiger partial charge >= 0.3 is 0 Å². The summed E-state index contributed by atoms with van der Waals surface area (Å²) in [4.78, 5) is 31.7. The van der Waals surface area contributed by atoms with Gasteiger partial charge in [-0.15, -0.1) is 6.58 Å². The van der Waals surface area contributed by atoms with E-state index in [0.29, 0.717) is 16.9 Å². The molecule has 1 N–H and O–H groups in total. The Balaban J connectivity index is 1.62. The molecule has 2 amide bonds. The third-order valence-electron chi connectivity index (χ3n) is 5.52. The number of benzene rings is 3. The number of imidazole rings is 1. The third-order valence-corrected chi connectivity index (χ3v) is 5.52. The molecule has 0 aliphatic rings. The number of carbonyl (C=O) groups is 2. The second-order valence-corrected chi connectivity index (χ2v) is 8.15. The van der Waals surface area contributed by atoms with Crippen molar-refractivity contribution in [1.82, 2.24) is 14.5 Å². The van der Waals surface area contributed by atoms with Crippen molar-refractivity contribution in [2.75, 3.05) is 18.4 Å². The van der Waals surface area contributed by atoms with E-state index in [0.717, 1.165) is 5.56 Å². The molecule has 0 aliphatic heterocycles. The largest absolute Gasteiger partial charge is 0.326 e. The van der Waals surface area contributed by atoms with Crippen molar-refractivity contribution in [2.45, 2.75) is 6.92 Å². The van der Waals surface area contributed by atoms with Crippen LogP contribution in [-0.2, 0) is 4.79 Å². The molecule has 0 saturated carbocycles. The van der Waals surface area contributed by atoms with Gasteiger partial charge in [0, 0.05) is 23.9 Å². The van der Waals surface area contributed by atoms with Crippen LogP contribution in [0.3, 0.4) is 0 Å². The fourth-order valence-corrected chi connectivity index (χ4v) is 3.63. The minimum atomic E-state index is -0.508. The van der Waals surface area contributed by atoms with Gasteiger partial charge in [-0.1, -0.05) is 42.5 Å². The molecule has 4 aromatic rings. The summed E-state index contributed by atoms with van der Waals surface area (Å²) in [5.74, 6) is -1.63. The summed E-state index contributed by atoms with van der Waals surface area (Å²) in [7, 11) is 0. The van der Waals surface area contributed by atoms with E-state index in [2.05, 4.69) is 16.9 Å². The van der Waals surface area contributed by atoms with Gasteiger partial charge in [0.2, 0.25) is 11.9 Å². The SMILES string of the molecule is C=CCN(CC(=O)Nc1nc(-c2ccccc2)cn1-c1ccc(C)c(F)c1)C(=O)c1ccc(F)cc1. The van der Waals surface area contributed by atoms with Gasteiger partial charge in [0.05, 0.1) is 11.4 Å². The molecule has 0 atom stereocenters. The average Bonchev–Trinajstić information content (AvgIpc) is 3.29. The monoisotopic (exact) mass is 486 g/mol. The Kier molecular flexibility index (Phi) is 7.34. The second-order valence-electron chi connectivity index (χ2n) is 8.15. The van der Waals surface area contributed by atoms with Gasteiger partial charge in [0.15, 0.2) is 0 Å². The number of halogens is 2. The number of amides is 2. The van der Waals surface area contributed by atoms with Crippen LogP contribution in [0.1, 0.15) is 15.9 Å². The summed E-state index contributed by atoms with van der Waals surface area (Å²) in [6.07, 6.45) is 3.21. The van der Waals surface area contributed by atoms with Crippen LogP contribution in [0.2, 0.25) is 0 Å². The molecule has 1 aromatic heterocycles. The Morgan fingerprint density at radius 3 is 2.44 bits per heavy atom. The van der Waals surface area contributed by atoms with Crippen molar-refractivity contribution >= 4 is 17.8 Å². The summed E-state index contributed by atoms with van der Waals surface area (Å²) in [5, 5.41) is 2.74. The van der Waals surface area contributed by atoms with Crippen LogP contribution >= 0.6 is 0 Å². The van der Waals surface area contributed by atoms with Crippen LogP contribution in [0, 0.1) is 18.6 Å². The molecule has 0 aliphatic carbocycles. The van der Waals surface area contributed by atoms with Crippen molar-refractivity contribution in [1.29, 1.82) is 0 Å². The van der Waals surface area contributed by atoms with Gasteiger partial charge in [-0.25, -0.2) is 13.8 Å². The van der Waals surface area contributed by atoms with E-state index in [-0.39, 0.29) is 30.4 Å². The molecule has 6 nitrogen and oxygen atoms in total. The molecule has 0 radical (unpaired) electrons. The smallest absolute Gasteiger partial charge is 0.254 e. The number of anilines is 1. The third kappa shape index (κ3) is 5.55. The fourth-order valence-electron chi connectivity index (χ4n) is 3.63. The van der Waals surface area contributed by atoms with Gasteiger partial charge in [-0.2, -0.15) is 0 Å². The Bertz CT molecular complexity index is 1400. The van der Waals surface area contributed by atoms with Crippen LogP contribution in [0.15, 0.2) is 91.6 Å². The van der Waals surface area contributed by atoms with E-state index < -0.39 is 17.6 Å². The quantitative estimate of drug-likeness (QED) is 0.340. The molecule has 0 spiro atoms. The van der Waals surface area contributed by atoms with Gasteiger partial charge in [-0.3, -0.25) is 19.5 Å². The highest BCUT2D eigenvalue weighted by Crippen LogP contribution is 2.25. The van der Waals surface area contributed by atoms with E-state index in [9.17, 15) is 18.4 Å². The zero-order valence-corrected chi connectivity index (χ0v) is 19.6. The molecule has 0 saturated heterocycles. The molecule has 3 aromatic carbocycles. The highest BCUT2D eigenvalue weighted by Gasteiger charge is 2.20. The predicted octanol–water partition coefficient (Wildman–Crippen LogP) is 5.39. The maximum absolute atomic E-state index is 14.3. The Labute approximate surface area is 207 Å². The summed E-state index contributed by atoms with van der Waals surface area (Å²) >= 11 is 0. The standard InChI is InChI=1S/C28H24F2N4O2/c1-3-15-33(27(36)21-10-12-22(29)13-11-21)18-26(35)32-28-31-25(20-7-5-4-6-8-20)17-34(28)23-14-9-19(2)24(30)16-23/h3-14,16-17H,1,15,18H2,2H3,(H,31,32,35). The summed E-state index contributed by atoms with van der Waals surface area (Å²) < 4.78 is 29.2. The van der Waals surface area contributed by atoms with E-state index in [1.165, 1.54) is 41.3 Å². The van der Waals surface area contributed by atoms with Gasteiger partial charge in [0.25, 0.3) is 5.91 Å². The van der Waals surface area contributed by atoms with Gasteiger partial charge < -0.3 is 4.90 Å². The number of nitrogens with one attached hydrogen (secondary N) is 1. The second kappa shape index (κ2) is 10.8. The molecular formula is C28H24F2N4O2. The lowest BCUT2D eigenvalue weighted by Crippen LogP contribution is -2.38. The zero-order chi connectivity index (χ0) is 25.7. The fraction of sp³-hybridized carbons (Fsp3) is 0.107. The molecule has 36 heavy (non-hydrogen) atoms. The van der Waals surface area contributed by atoms with Crippen LogP contribution in [-0.4, -0.2) is 39.4 Å². The lowest BCUT2D eigenvalue weighted by atomic mass is 10.2. The van der Waals surface area contributed by atoms with Crippen molar-refractivity contribution in [2.24, 2.45) is 0 Å². The zero-order valence-electron chi connectivity index (χ0n) is 19.6. The first-order chi connectivity index (χ1) is 17.4. The van der Waals surface area contributed by atoms with Crippen LogP contribution in [0.25, 0.3) is 16.9 Å². The number of aromatic nitrogens is 2. The summed E-state index contributed by atoms with van der Waals surface area (Å²) in [5.41, 5.74) is 2.62. The van der Waals surface area contributed by atoms with Gasteiger partial charge in [0.1, 0.15) is 18.2 Å². The van der Waals surface area contributed by atoms with E-state index in [4.69, 9.17) is 0 Å². The summed E-state index contributed by atoms with van der Waals surface area (Å²) in [6, 6.07) is 19.2. The number of hydrogen-bond acceptors (Lipinski definition) is 3. The molecule has 0 unspecified atom stereocenters. The first-order valence-corrected chi connectivity index (χ1v) is 11.2. The molecule has 0 fully saturated rings. The number of hydrogen-bond donors (Lipinski definition) is 1. The first-order valence-electron chi connectivity index (χ1n) is 11.2. The number of nitrogens with zero attached hydrogens (tertiary/aromatic N) is 3. The molecular weight excluding hydrogens is 462 g/mol. The van der Waals surface area contributed by atoms with Crippen LogP contribution in [0.5, 0.6) is 0 Å². The van der Waals surface area contributed by atoms with Crippen LogP contribution < -0.4 is 5.32 Å². The Morgan fingerprint density at radius 2 is 1.78 bits per heavy atom. The Morgan fingerprint density at radius 1 is 1.06 bits per heavy atom. The molecule has 182 valence electrons. The first kappa shape index (κ1) is 24.5. The maximum Gasteiger partial charge on any atom is 0.254 e.